The quantitative estimate of drug-likeness (QED) is 0.924. The first-order valence-electron chi connectivity index (χ1n) is 7.69. The van der Waals surface area contributed by atoms with E-state index < -0.39 is 0 Å². The minimum atomic E-state index is 0.585. The van der Waals surface area contributed by atoms with Crippen molar-refractivity contribution >= 4 is 5.65 Å². The SMILES string of the molecule is CC1CN(Cc2cn3ccccc3n2)C(C2CC2)CN1. The molecule has 0 amide bonds. The molecule has 2 aromatic heterocycles. The summed E-state index contributed by atoms with van der Waals surface area (Å²) in [6, 6.07) is 7.46. The van der Waals surface area contributed by atoms with Crippen molar-refractivity contribution < 1.29 is 0 Å². The van der Waals surface area contributed by atoms with E-state index in [1.165, 1.54) is 18.5 Å². The van der Waals surface area contributed by atoms with E-state index in [1.54, 1.807) is 0 Å². The number of imidazole rings is 1. The van der Waals surface area contributed by atoms with Crippen LogP contribution in [0, 0.1) is 5.92 Å². The second kappa shape index (κ2) is 4.86. The van der Waals surface area contributed by atoms with E-state index in [1.807, 2.05) is 6.07 Å². The zero-order valence-electron chi connectivity index (χ0n) is 12.0. The van der Waals surface area contributed by atoms with E-state index in [9.17, 15) is 0 Å². The molecule has 0 bridgehead atoms. The summed E-state index contributed by atoms with van der Waals surface area (Å²) in [7, 11) is 0. The highest BCUT2D eigenvalue weighted by atomic mass is 15.2. The molecule has 1 aliphatic carbocycles. The molecule has 106 valence electrons. The molecule has 2 aliphatic rings. The number of piperazine rings is 1. The molecule has 2 unspecified atom stereocenters. The van der Waals surface area contributed by atoms with Crippen LogP contribution in [0.15, 0.2) is 30.6 Å². The topological polar surface area (TPSA) is 32.6 Å². The van der Waals surface area contributed by atoms with Gasteiger partial charge < -0.3 is 9.72 Å². The van der Waals surface area contributed by atoms with Gasteiger partial charge in [-0.05, 0) is 37.8 Å². The second-order valence-electron chi connectivity index (χ2n) is 6.34. The Labute approximate surface area is 119 Å². The third-order valence-electron chi connectivity index (χ3n) is 4.60. The molecule has 1 N–H and O–H groups in total. The Morgan fingerprint density at radius 2 is 2.25 bits per heavy atom. The lowest BCUT2D eigenvalue weighted by Gasteiger charge is -2.39. The third-order valence-corrected chi connectivity index (χ3v) is 4.60. The lowest BCUT2D eigenvalue weighted by atomic mass is 10.1. The Hall–Kier alpha value is -1.39. The second-order valence-corrected chi connectivity index (χ2v) is 6.34. The Kier molecular flexibility index (Phi) is 3.00. The van der Waals surface area contributed by atoms with Crippen LogP contribution in [0.5, 0.6) is 0 Å². The largest absolute Gasteiger partial charge is 0.311 e. The molecule has 1 saturated carbocycles. The smallest absolute Gasteiger partial charge is 0.137 e. The number of nitrogens with one attached hydrogen (secondary N) is 1. The highest BCUT2D eigenvalue weighted by Gasteiger charge is 2.38. The fourth-order valence-electron chi connectivity index (χ4n) is 3.40. The monoisotopic (exact) mass is 270 g/mol. The van der Waals surface area contributed by atoms with Gasteiger partial charge in [-0.15, -0.1) is 0 Å². The molecule has 0 aromatic carbocycles. The number of fused-ring (bicyclic) bond motifs is 1. The average molecular weight is 270 g/mol. The molecule has 1 saturated heterocycles. The van der Waals surface area contributed by atoms with Gasteiger partial charge in [-0.25, -0.2) is 4.98 Å². The predicted octanol–water partition coefficient (Wildman–Crippen LogP) is 1.91. The number of hydrogen-bond acceptors (Lipinski definition) is 3. The van der Waals surface area contributed by atoms with Gasteiger partial charge in [0.25, 0.3) is 0 Å². The molecule has 2 aromatic rings. The van der Waals surface area contributed by atoms with Crippen LogP contribution >= 0.6 is 0 Å². The standard InChI is InChI=1S/C16H22N4/c1-12-9-20(15(8-17-12)13-5-6-13)11-14-10-19-7-3-2-4-16(19)18-14/h2-4,7,10,12-13,15,17H,5-6,8-9,11H2,1H3. The first-order valence-corrected chi connectivity index (χ1v) is 7.69. The van der Waals surface area contributed by atoms with Crippen LogP contribution in [0.3, 0.4) is 0 Å². The third kappa shape index (κ3) is 2.34. The minimum absolute atomic E-state index is 0.585. The number of hydrogen-bond donors (Lipinski definition) is 1. The van der Waals surface area contributed by atoms with Crippen molar-refractivity contribution in [1.29, 1.82) is 0 Å². The summed E-state index contributed by atoms with van der Waals surface area (Å²) in [5.74, 6) is 0.909. The van der Waals surface area contributed by atoms with Crippen LogP contribution in [-0.4, -0.2) is 39.5 Å². The maximum atomic E-state index is 4.75. The summed E-state index contributed by atoms with van der Waals surface area (Å²) in [6.45, 7) is 5.53. The number of aromatic nitrogens is 2. The molecule has 3 heterocycles. The van der Waals surface area contributed by atoms with Gasteiger partial charge in [0.2, 0.25) is 0 Å². The first kappa shape index (κ1) is 12.4. The molecular formula is C16H22N4. The first-order chi connectivity index (χ1) is 9.79. The normalized spacial score (nSPS) is 28.1. The summed E-state index contributed by atoms with van der Waals surface area (Å²) in [5, 5.41) is 3.63. The van der Waals surface area contributed by atoms with Gasteiger partial charge in [-0.2, -0.15) is 0 Å². The van der Waals surface area contributed by atoms with Crippen molar-refractivity contribution in [2.24, 2.45) is 5.92 Å². The van der Waals surface area contributed by atoms with Crippen LogP contribution in [0.25, 0.3) is 5.65 Å². The molecule has 4 heteroatoms. The Morgan fingerprint density at radius 1 is 1.35 bits per heavy atom. The summed E-state index contributed by atoms with van der Waals surface area (Å²) in [5.41, 5.74) is 2.24. The number of nitrogens with zero attached hydrogens (tertiary/aromatic N) is 3. The lowest BCUT2D eigenvalue weighted by molar-refractivity contribution is 0.111. The van der Waals surface area contributed by atoms with Crippen LogP contribution in [0.2, 0.25) is 0 Å². The molecule has 4 rings (SSSR count). The van der Waals surface area contributed by atoms with E-state index in [4.69, 9.17) is 4.98 Å². The van der Waals surface area contributed by atoms with Gasteiger partial charge in [0, 0.05) is 44.1 Å². The van der Waals surface area contributed by atoms with Gasteiger partial charge in [0.15, 0.2) is 0 Å². The highest BCUT2D eigenvalue weighted by molar-refractivity contribution is 5.39. The zero-order valence-corrected chi connectivity index (χ0v) is 12.0. The van der Waals surface area contributed by atoms with E-state index in [2.05, 4.69) is 46.1 Å². The Bertz CT molecular complexity index is 568. The maximum Gasteiger partial charge on any atom is 0.137 e. The summed E-state index contributed by atoms with van der Waals surface area (Å²) >= 11 is 0. The van der Waals surface area contributed by atoms with Gasteiger partial charge in [0.1, 0.15) is 5.65 Å². The molecule has 2 atom stereocenters. The fraction of sp³-hybridized carbons (Fsp3) is 0.562. The highest BCUT2D eigenvalue weighted by Crippen LogP contribution is 2.36. The summed E-state index contributed by atoms with van der Waals surface area (Å²) in [4.78, 5) is 7.39. The molecule has 0 spiro atoms. The van der Waals surface area contributed by atoms with Crippen LogP contribution < -0.4 is 5.32 Å². The molecular weight excluding hydrogens is 248 g/mol. The molecule has 2 fully saturated rings. The predicted molar refractivity (Wildman–Crippen MR) is 79.6 cm³/mol. The molecule has 1 aliphatic heterocycles. The summed E-state index contributed by atoms with van der Waals surface area (Å²) < 4.78 is 2.12. The molecule has 4 nitrogen and oxygen atoms in total. The molecule has 20 heavy (non-hydrogen) atoms. The Balaban J connectivity index is 1.55. The van der Waals surface area contributed by atoms with E-state index in [-0.39, 0.29) is 0 Å². The molecule has 0 radical (unpaired) electrons. The van der Waals surface area contributed by atoms with Crippen molar-refractivity contribution in [3.05, 3.63) is 36.3 Å². The van der Waals surface area contributed by atoms with Crippen molar-refractivity contribution in [3.63, 3.8) is 0 Å². The van der Waals surface area contributed by atoms with Crippen molar-refractivity contribution in [2.45, 2.75) is 38.4 Å². The van der Waals surface area contributed by atoms with Crippen molar-refractivity contribution in [1.82, 2.24) is 19.6 Å². The zero-order chi connectivity index (χ0) is 13.5. The van der Waals surface area contributed by atoms with Crippen molar-refractivity contribution in [3.8, 4) is 0 Å². The fourth-order valence-corrected chi connectivity index (χ4v) is 3.40. The summed E-state index contributed by atoms with van der Waals surface area (Å²) in [6.07, 6.45) is 7.06. The van der Waals surface area contributed by atoms with E-state index in [0.29, 0.717) is 12.1 Å². The van der Waals surface area contributed by atoms with Crippen molar-refractivity contribution in [2.75, 3.05) is 13.1 Å². The minimum Gasteiger partial charge on any atom is -0.311 e. The number of pyridine rings is 1. The average Bonchev–Trinajstić information content (AvgIpc) is 3.18. The lowest BCUT2D eigenvalue weighted by Crippen LogP contribution is -2.55. The van der Waals surface area contributed by atoms with E-state index >= 15 is 0 Å². The van der Waals surface area contributed by atoms with Gasteiger partial charge in [0.05, 0.1) is 5.69 Å². The van der Waals surface area contributed by atoms with Gasteiger partial charge in [-0.3, -0.25) is 4.90 Å². The Morgan fingerprint density at radius 3 is 3.05 bits per heavy atom. The maximum absolute atomic E-state index is 4.75. The van der Waals surface area contributed by atoms with E-state index in [0.717, 1.165) is 31.2 Å². The van der Waals surface area contributed by atoms with Gasteiger partial charge >= 0.3 is 0 Å². The van der Waals surface area contributed by atoms with Crippen LogP contribution in [0.4, 0.5) is 0 Å². The number of rotatable bonds is 3. The van der Waals surface area contributed by atoms with Crippen LogP contribution in [0.1, 0.15) is 25.5 Å². The van der Waals surface area contributed by atoms with Gasteiger partial charge in [-0.1, -0.05) is 6.07 Å². The van der Waals surface area contributed by atoms with Crippen LogP contribution in [-0.2, 0) is 6.54 Å².